The highest BCUT2D eigenvalue weighted by Crippen LogP contribution is 2.62. The summed E-state index contributed by atoms with van der Waals surface area (Å²) in [6.45, 7) is 4.88. The predicted molar refractivity (Wildman–Crippen MR) is 92.3 cm³/mol. The van der Waals surface area contributed by atoms with Crippen LogP contribution in [0.2, 0.25) is 0 Å². The average molecular weight is 326 g/mol. The van der Waals surface area contributed by atoms with E-state index in [0.29, 0.717) is 22.8 Å². The molecule has 0 amide bonds. The second-order valence-corrected chi connectivity index (χ2v) is 8.48. The molecular formula is C21H26O3. The zero-order valence-electron chi connectivity index (χ0n) is 14.5. The molecule has 4 aliphatic rings. The van der Waals surface area contributed by atoms with E-state index in [0.717, 1.165) is 17.4 Å². The minimum atomic E-state index is -0.920. The first-order valence-corrected chi connectivity index (χ1v) is 9.27. The van der Waals surface area contributed by atoms with Gasteiger partial charge < -0.3 is 5.11 Å². The molecule has 6 atom stereocenters. The molecule has 24 heavy (non-hydrogen) atoms. The smallest absolute Gasteiger partial charge is 0.307 e. The Morgan fingerprint density at radius 1 is 1.25 bits per heavy atom. The maximum absolute atomic E-state index is 12.2. The minimum absolute atomic E-state index is 0.123. The van der Waals surface area contributed by atoms with Gasteiger partial charge in [-0.15, -0.1) is 0 Å². The highest BCUT2D eigenvalue weighted by Gasteiger charge is 2.53. The quantitative estimate of drug-likeness (QED) is 0.829. The number of fused-ring (bicyclic) bond motifs is 5. The standard InChI is InChI=1S/C21H26O3/c1-12-3-7-18-16-5-4-14-13(15(16)9-10-21(12,18)2)6-8-19(22)17(14)11-20(23)24/h4-6,8,12-13,15-16,18H,3,7,9-11H2,1-2H3,(H,23,24)/t12-,13+,15-,16-,18+,21-/m1/s1. The first kappa shape index (κ1) is 15.9. The molecule has 2 fully saturated rings. The van der Waals surface area contributed by atoms with Crippen LogP contribution in [0.1, 0.15) is 46.0 Å². The first-order valence-electron chi connectivity index (χ1n) is 9.27. The third kappa shape index (κ3) is 2.17. The molecule has 0 spiro atoms. The normalized spacial score (nSPS) is 43.4. The van der Waals surface area contributed by atoms with Crippen molar-refractivity contribution in [3.8, 4) is 0 Å². The summed E-state index contributed by atoms with van der Waals surface area (Å²) in [5.74, 6) is 1.82. The Morgan fingerprint density at radius 3 is 2.79 bits per heavy atom. The van der Waals surface area contributed by atoms with E-state index >= 15 is 0 Å². The number of carboxylic acids is 1. The Labute approximate surface area is 143 Å². The van der Waals surface area contributed by atoms with Crippen molar-refractivity contribution < 1.29 is 14.7 Å². The lowest BCUT2D eigenvalue weighted by Crippen LogP contribution is -2.44. The zero-order chi connectivity index (χ0) is 17.1. The Hall–Kier alpha value is -1.64. The van der Waals surface area contributed by atoms with Crippen LogP contribution in [0.4, 0.5) is 0 Å². The second kappa shape index (κ2) is 5.44. The molecule has 4 aliphatic carbocycles. The minimum Gasteiger partial charge on any atom is -0.481 e. The van der Waals surface area contributed by atoms with Gasteiger partial charge in [0.2, 0.25) is 0 Å². The zero-order valence-corrected chi connectivity index (χ0v) is 14.5. The number of carbonyl (C=O) groups is 2. The maximum Gasteiger partial charge on any atom is 0.307 e. The van der Waals surface area contributed by atoms with Crippen LogP contribution in [-0.4, -0.2) is 16.9 Å². The summed E-state index contributed by atoms with van der Waals surface area (Å²) >= 11 is 0. The molecule has 0 aromatic carbocycles. The molecule has 0 bridgehead atoms. The monoisotopic (exact) mass is 326 g/mol. The van der Waals surface area contributed by atoms with Crippen LogP contribution in [0.15, 0.2) is 35.5 Å². The van der Waals surface area contributed by atoms with Crippen molar-refractivity contribution >= 4 is 11.8 Å². The van der Waals surface area contributed by atoms with E-state index in [2.05, 4.69) is 26.0 Å². The third-order valence-electron chi connectivity index (χ3n) is 7.61. The lowest BCUT2D eigenvalue weighted by atomic mass is 9.53. The molecule has 0 heterocycles. The van der Waals surface area contributed by atoms with Crippen LogP contribution in [0.3, 0.4) is 0 Å². The van der Waals surface area contributed by atoms with Gasteiger partial charge in [-0.3, -0.25) is 9.59 Å². The molecular weight excluding hydrogens is 300 g/mol. The summed E-state index contributed by atoms with van der Waals surface area (Å²) in [6.07, 6.45) is 13.0. The number of carbonyl (C=O) groups excluding carboxylic acids is 1. The fourth-order valence-corrected chi connectivity index (χ4v) is 6.06. The van der Waals surface area contributed by atoms with E-state index in [9.17, 15) is 9.59 Å². The first-order chi connectivity index (χ1) is 11.4. The van der Waals surface area contributed by atoms with Gasteiger partial charge in [-0.25, -0.2) is 0 Å². The molecule has 0 unspecified atom stereocenters. The van der Waals surface area contributed by atoms with E-state index in [-0.39, 0.29) is 18.1 Å². The Balaban J connectivity index is 1.73. The van der Waals surface area contributed by atoms with E-state index < -0.39 is 5.97 Å². The number of hydrogen-bond donors (Lipinski definition) is 1. The summed E-state index contributed by atoms with van der Waals surface area (Å²) in [5.41, 5.74) is 1.92. The summed E-state index contributed by atoms with van der Waals surface area (Å²) in [7, 11) is 0. The van der Waals surface area contributed by atoms with Crippen molar-refractivity contribution in [3.63, 3.8) is 0 Å². The Kier molecular flexibility index (Phi) is 3.59. The van der Waals surface area contributed by atoms with Crippen molar-refractivity contribution in [2.75, 3.05) is 0 Å². The highest BCUT2D eigenvalue weighted by molar-refractivity contribution is 6.08. The largest absolute Gasteiger partial charge is 0.481 e. The molecule has 0 radical (unpaired) electrons. The number of rotatable bonds is 2. The van der Waals surface area contributed by atoms with Crippen molar-refractivity contribution in [2.45, 2.75) is 46.0 Å². The van der Waals surface area contributed by atoms with Crippen molar-refractivity contribution in [1.82, 2.24) is 0 Å². The van der Waals surface area contributed by atoms with Crippen LogP contribution >= 0.6 is 0 Å². The number of aliphatic carboxylic acids is 1. The molecule has 0 aromatic rings. The Bertz CT molecular complexity index is 683. The fourth-order valence-electron chi connectivity index (χ4n) is 6.06. The number of hydrogen-bond acceptors (Lipinski definition) is 2. The highest BCUT2D eigenvalue weighted by atomic mass is 16.4. The van der Waals surface area contributed by atoms with Gasteiger partial charge in [-0.2, -0.15) is 0 Å². The van der Waals surface area contributed by atoms with Gasteiger partial charge in [0, 0.05) is 11.5 Å². The van der Waals surface area contributed by atoms with E-state index in [4.69, 9.17) is 5.11 Å². The van der Waals surface area contributed by atoms with Crippen LogP contribution in [0.5, 0.6) is 0 Å². The SMILES string of the molecule is C[C@@H]1CC[C@H]2[C@@H]3C=CC4=C(CC(=O)O)C(=O)C=C[C@@H]4[C@H]3CC[C@]12C. The number of allylic oxidation sites excluding steroid dienone is 5. The molecule has 128 valence electrons. The molecule has 2 saturated carbocycles. The van der Waals surface area contributed by atoms with Gasteiger partial charge in [0.25, 0.3) is 0 Å². The lowest BCUT2D eigenvalue weighted by molar-refractivity contribution is -0.136. The predicted octanol–water partition coefficient (Wildman–Crippen LogP) is 4.16. The van der Waals surface area contributed by atoms with E-state index in [1.165, 1.54) is 25.7 Å². The van der Waals surface area contributed by atoms with Gasteiger partial charge in [0.1, 0.15) is 0 Å². The molecule has 3 nitrogen and oxygen atoms in total. The Morgan fingerprint density at radius 2 is 2.04 bits per heavy atom. The number of carboxylic acid groups (broad SMARTS) is 1. The van der Waals surface area contributed by atoms with Crippen molar-refractivity contribution in [2.24, 2.45) is 35.0 Å². The topological polar surface area (TPSA) is 54.4 Å². The van der Waals surface area contributed by atoms with E-state index in [1.54, 1.807) is 6.08 Å². The molecule has 0 aromatic heterocycles. The molecule has 0 aliphatic heterocycles. The van der Waals surface area contributed by atoms with Crippen molar-refractivity contribution in [3.05, 3.63) is 35.5 Å². The summed E-state index contributed by atoms with van der Waals surface area (Å²) in [4.78, 5) is 23.3. The summed E-state index contributed by atoms with van der Waals surface area (Å²) < 4.78 is 0. The molecule has 1 N–H and O–H groups in total. The van der Waals surface area contributed by atoms with Crippen LogP contribution < -0.4 is 0 Å². The van der Waals surface area contributed by atoms with Gasteiger partial charge in [-0.05, 0) is 66.4 Å². The molecule has 4 rings (SSSR count). The van der Waals surface area contributed by atoms with Gasteiger partial charge in [-0.1, -0.05) is 32.1 Å². The maximum atomic E-state index is 12.2. The number of ketones is 1. The summed E-state index contributed by atoms with van der Waals surface area (Å²) in [6, 6.07) is 0. The van der Waals surface area contributed by atoms with Crippen LogP contribution in [-0.2, 0) is 9.59 Å². The van der Waals surface area contributed by atoms with Crippen molar-refractivity contribution in [1.29, 1.82) is 0 Å². The van der Waals surface area contributed by atoms with Gasteiger partial charge >= 0.3 is 5.97 Å². The molecule has 0 saturated heterocycles. The molecule has 3 heteroatoms. The lowest BCUT2D eigenvalue weighted by Gasteiger charge is -2.51. The second-order valence-electron chi connectivity index (χ2n) is 8.48. The average Bonchev–Trinajstić information content (AvgIpc) is 2.85. The fraction of sp³-hybridized carbons (Fsp3) is 0.619. The van der Waals surface area contributed by atoms with Crippen LogP contribution in [0.25, 0.3) is 0 Å². The van der Waals surface area contributed by atoms with Gasteiger partial charge in [0.15, 0.2) is 5.78 Å². The third-order valence-corrected chi connectivity index (χ3v) is 7.61. The van der Waals surface area contributed by atoms with Crippen LogP contribution in [0, 0.1) is 35.0 Å². The van der Waals surface area contributed by atoms with E-state index in [1.807, 2.05) is 6.08 Å². The summed E-state index contributed by atoms with van der Waals surface area (Å²) in [5, 5.41) is 9.16. The van der Waals surface area contributed by atoms with Gasteiger partial charge in [0.05, 0.1) is 6.42 Å².